The van der Waals surface area contributed by atoms with Gasteiger partial charge in [-0.3, -0.25) is 4.79 Å². The summed E-state index contributed by atoms with van der Waals surface area (Å²) in [7, 11) is 0. The van der Waals surface area contributed by atoms with Gasteiger partial charge < -0.3 is 11.1 Å². The zero-order valence-corrected chi connectivity index (χ0v) is 11.5. The first-order valence-corrected chi connectivity index (χ1v) is 6.21. The van der Waals surface area contributed by atoms with Gasteiger partial charge in [-0.15, -0.1) is 0 Å². The van der Waals surface area contributed by atoms with Crippen molar-refractivity contribution in [2.24, 2.45) is 0 Å². The van der Waals surface area contributed by atoms with Crippen LogP contribution in [0.25, 0.3) is 0 Å². The minimum atomic E-state index is -0.290. The summed E-state index contributed by atoms with van der Waals surface area (Å²) in [6, 6.07) is 8.29. The van der Waals surface area contributed by atoms with Gasteiger partial charge >= 0.3 is 0 Å². The van der Waals surface area contributed by atoms with Crippen LogP contribution in [-0.4, -0.2) is 10.9 Å². The van der Waals surface area contributed by atoms with Gasteiger partial charge in [0.25, 0.3) is 5.91 Å². The molecule has 0 bridgehead atoms. The lowest BCUT2D eigenvalue weighted by molar-refractivity contribution is 0.102. The second kappa shape index (κ2) is 5.37. The zero-order chi connectivity index (χ0) is 13.1. The van der Waals surface area contributed by atoms with Crippen molar-refractivity contribution in [3.05, 3.63) is 51.6 Å². The minimum Gasteiger partial charge on any atom is -0.397 e. The van der Waals surface area contributed by atoms with E-state index in [-0.39, 0.29) is 5.91 Å². The Hall–Kier alpha value is -1.59. The van der Waals surface area contributed by atoms with Crippen LogP contribution in [0.3, 0.4) is 0 Å². The SMILES string of the molecule is Nc1ccc(NC(=O)c2cc(Cl)ccc2Br)nc1. The van der Waals surface area contributed by atoms with Gasteiger partial charge in [0.05, 0.1) is 17.4 Å². The molecule has 0 aliphatic carbocycles. The fraction of sp³-hybridized carbons (Fsp3) is 0. The number of nitrogens with one attached hydrogen (secondary N) is 1. The van der Waals surface area contributed by atoms with Crippen molar-refractivity contribution in [3.8, 4) is 0 Å². The van der Waals surface area contributed by atoms with Gasteiger partial charge in [-0.2, -0.15) is 0 Å². The Morgan fingerprint density at radius 2 is 2.11 bits per heavy atom. The van der Waals surface area contributed by atoms with Crippen LogP contribution in [-0.2, 0) is 0 Å². The van der Waals surface area contributed by atoms with E-state index in [1.165, 1.54) is 6.20 Å². The molecule has 6 heteroatoms. The number of anilines is 2. The number of benzene rings is 1. The molecule has 4 nitrogen and oxygen atoms in total. The second-order valence-corrected chi connectivity index (χ2v) is 4.85. The van der Waals surface area contributed by atoms with E-state index in [2.05, 4.69) is 26.2 Å². The van der Waals surface area contributed by atoms with Gasteiger partial charge in [-0.1, -0.05) is 11.6 Å². The van der Waals surface area contributed by atoms with E-state index in [0.717, 1.165) is 0 Å². The van der Waals surface area contributed by atoms with Crippen LogP contribution >= 0.6 is 27.5 Å². The summed E-state index contributed by atoms with van der Waals surface area (Å²) in [6.07, 6.45) is 1.47. The highest BCUT2D eigenvalue weighted by Gasteiger charge is 2.11. The molecule has 3 N–H and O–H groups in total. The smallest absolute Gasteiger partial charge is 0.258 e. The van der Waals surface area contributed by atoms with E-state index in [9.17, 15) is 4.79 Å². The lowest BCUT2D eigenvalue weighted by atomic mass is 10.2. The predicted octanol–water partition coefficient (Wildman–Crippen LogP) is 3.33. The van der Waals surface area contributed by atoms with Gasteiger partial charge in [0.2, 0.25) is 0 Å². The third kappa shape index (κ3) is 3.00. The van der Waals surface area contributed by atoms with E-state index in [1.807, 2.05) is 0 Å². The minimum absolute atomic E-state index is 0.290. The van der Waals surface area contributed by atoms with Crippen LogP contribution in [0.1, 0.15) is 10.4 Å². The number of aromatic nitrogens is 1. The molecular formula is C12H9BrClN3O. The van der Waals surface area contributed by atoms with E-state index < -0.39 is 0 Å². The molecule has 1 aromatic heterocycles. The Morgan fingerprint density at radius 3 is 2.78 bits per heavy atom. The molecule has 0 fully saturated rings. The summed E-state index contributed by atoms with van der Waals surface area (Å²) >= 11 is 9.15. The molecule has 0 saturated carbocycles. The summed E-state index contributed by atoms with van der Waals surface area (Å²) in [4.78, 5) is 16.0. The number of nitrogens with zero attached hydrogens (tertiary/aromatic N) is 1. The van der Waals surface area contributed by atoms with Crippen molar-refractivity contribution in [2.45, 2.75) is 0 Å². The van der Waals surface area contributed by atoms with Gasteiger partial charge in [-0.25, -0.2) is 4.98 Å². The Kier molecular flexibility index (Phi) is 3.84. The quantitative estimate of drug-likeness (QED) is 0.889. The topological polar surface area (TPSA) is 68.0 Å². The number of rotatable bonds is 2. The maximum atomic E-state index is 12.0. The molecule has 0 atom stereocenters. The standard InChI is InChI=1S/C12H9BrClN3O/c13-10-3-1-7(14)5-9(10)12(18)17-11-4-2-8(15)6-16-11/h1-6H,15H2,(H,16,17,18). The Morgan fingerprint density at radius 1 is 1.33 bits per heavy atom. The predicted molar refractivity (Wildman–Crippen MR) is 75.8 cm³/mol. The Bertz CT molecular complexity index is 586. The zero-order valence-electron chi connectivity index (χ0n) is 9.15. The van der Waals surface area contributed by atoms with Crippen LogP contribution < -0.4 is 11.1 Å². The molecule has 2 aromatic rings. The summed E-state index contributed by atoms with van der Waals surface area (Å²) < 4.78 is 0.667. The maximum Gasteiger partial charge on any atom is 0.258 e. The van der Waals surface area contributed by atoms with Crippen molar-refractivity contribution in [1.29, 1.82) is 0 Å². The molecule has 2 rings (SSSR count). The van der Waals surface area contributed by atoms with Crippen molar-refractivity contribution < 1.29 is 4.79 Å². The van der Waals surface area contributed by atoms with Crippen molar-refractivity contribution in [1.82, 2.24) is 4.98 Å². The first-order chi connectivity index (χ1) is 8.56. The molecule has 1 heterocycles. The monoisotopic (exact) mass is 325 g/mol. The number of hydrogen-bond donors (Lipinski definition) is 2. The number of carbonyl (C=O) groups is 1. The molecule has 0 aliphatic rings. The summed E-state index contributed by atoms with van der Waals surface area (Å²) in [5.74, 6) is 0.141. The third-order valence-corrected chi connectivity index (χ3v) is 3.13. The van der Waals surface area contributed by atoms with Crippen molar-refractivity contribution >= 4 is 44.9 Å². The molecule has 1 aromatic carbocycles. The number of amides is 1. The Labute approximate surface area is 117 Å². The number of halogens is 2. The molecule has 18 heavy (non-hydrogen) atoms. The molecule has 0 unspecified atom stereocenters. The van der Waals surface area contributed by atoms with Crippen LogP contribution in [0, 0.1) is 0 Å². The number of pyridine rings is 1. The van der Waals surface area contributed by atoms with E-state index in [4.69, 9.17) is 17.3 Å². The van der Waals surface area contributed by atoms with E-state index in [0.29, 0.717) is 26.6 Å². The molecule has 0 aliphatic heterocycles. The van der Waals surface area contributed by atoms with Gasteiger partial charge in [-0.05, 0) is 46.3 Å². The molecule has 1 amide bonds. The average Bonchev–Trinajstić information content (AvgIpc) is 2.35. The molecule has 0 spiro atoms. The summed E-state index contributed by atoms with van der Waals surface area (Å²) in [6.45, 7) is 0. The third-order valence-electron chi connectivity index (χ3n) is 2.20. The highest BCUT2D eigenvalue weighted by molar-refractivity contribution is 9.10. The first kappa shape index (κ1) is 12.9. The lowest BCUT2D eigenvalue weighted by Crippen LogP contribution is -2.13. The largest absolute Gasteiger partial charge is 0.397 e. The first-order valence-electron chi connectivity index (χ1n) is 5.04. The fourth-order valence-corrected chi connectivity index (χ4v) is 1.93. The number of hydrogen-bond acceptors (Lipinski definition) is 3. The van der Waals surface area contributed by atoms with Gasteiger partial charge in [0.1, 0.15) is 5.82 Å². The van der Waals surface area contributed by atoms with Gasteiger partial charge in [0.15, 0.2) is 0 Å². The fourth-order valence-electron chi connectivity index (χ4n) is 1.33. The molecule has 0 radical (unpaired) electrons. The maximum absolute atomic E-state index is 12.0. The molecule has 0 saturated heterocycles. The van der Waals surface area contributed by atoms with Crippen LogP contribution in [0.2, 0.25) is 5.02 Å². The molecular weight excluding hydrogens is 318 g/mol. The second-order valence-electron chi connectivity index (χ2n) is 3.56. The number of nitrogen functional groups attached to an aromatic ring is 1. The van der Waals surface area contributed by atoms with Crippen molar-refractivity contribution in [2.75, 3.05) is 11.1 Å². The Balaban J connectivity index is 2.21. The van der Waals surface area contributed by atoms with E-state index >= 15 is 0 Å². The van der Waals surface area contributed by atoms with E-state index in [1.54, 1.807) is 30.3 Å². The van der Waals surface area contributed by atoms with Crippen LogP contribution in [0.4, 0.5) is 11.5 Å². The molecule has 92 valence electrons. The van der Waals surface area contributed by atoms with Crippen molar-refractivity contribution in [3.63, 3.8) is 0 Å². The van der Waals surface area contributed by atoms with Crippen LogP contribution in [0.15, 0.2) is 41.0 Å². The summed E-state index contributed by atoms with van der Waals surface area (Å²) in [5.41, 5.74) is 6.50. The van der Waals surface area contributed by atoms with Gasteiger partial charge in [0, 0.05) is 9.50 Å². The highest BCUT2D eigenvalue weighted by Crippen LogP contribution is 2.22. The average molecular weight is 327 g/mol. The summed E-state index contributed by atoms with van der Waals surface area (Å²) in [5, 5.41) is 3.15. The van der Waals surface area contributed by atoms with Crippen LogP contribution in [0.5, 0.6) is 0 Å². The number of nitrogens with two attached hydrogens (primary N) is 1. The number of carbonyl (C=O) groups excluding carboxylic acids is 1. The lowest BCUT2D eigenvalue weighted by Gasteiger charge is -2.06. The normalized spacial score (nSPS) is 10.1. The highest BCUT2D eigenvalue weighted by atomic mass is 79.9.